The molecule has 4 unspecified atom stereocenters. The van der Waals surface area contributed by atoms with Crippen LogP contribution in [0.5, 0.6) is 0 Å². The summed E-state index contributed by atoms with van der Waals surface area (Å²) in [6.45, 7) is 6.47. The van der Waals surface area contributed by atoms with Gasteiger partial charge in [-0.25, -0.2) is 4.79 Å². The second-order valence-electron chi connectivity index (χ2n) is 12.5. The maximum atomic E-state index is 12.6. The van der Waals surface area contributed by atoms with Crippen LogP contribution >= 0.6 is 0 Å². The third kappa shape index (κ3) is 4.05. The van der Waals surface area contributed by atoms with Crippen molar-refractivity contribution < 1.29 is 29.1 Å². The minimum Gasteiger partial charge on any atom is -0.467 e. The van der Waals surface area contributed by atoms with Crippen LogP contribution in [0.25, 0.3) is 0 Å². The molecular weight excluding hydrogens is 472 g/mol. The van der Waals surface area contributed by atoms with E-state index in [0.29, 0.717) is 37.1 Å². The topological polar surface area (TPSA) is 106 Å². The third-order valence-corrected chi connectivity index (χ3v) is 11.1. The molecule has 7 atom stereocenters. The highest BCUT2D eigenvalue weighted by Gasteiger charge is 2.65. The minimum atomic E-state index is -1.17. The highest BCUT2D eigenvalue weighted by atomic mass is 16.6. The maximum absolute atomic E-state index is 12.6. The van der Waals surface area contributed by atoms with Crippen LogP contribution in [0.2, 0.25) is 0 Å². The van der Waals surface area contributed by atoms with Crippen molar-refractivity contribution in [1.82, 2.24) is 4.90 Å². The summed E-state index contributed by atoms with van der Waals surface area (Å²) < 4.78 is 4.82. The number of hydrogen-bond acceptors (Lipinski definition) is 7. The fourth-order valence-corrected chi connectivity index (χ4v) is 8.94. The highest BCUT2D eigenvalue weighted by molar-refractivity contribution is 5.96. The molecular formula is C29H42N2O6. The van der Waals surface area contributed by atoms with Gasteiger partial charge in [0.25, 0.3) is 5.91 Å². The number of ketones is 1. The van der Waals surface area contributed by atoms with Crippen molar-refractivity contribution in [2.75, 3.05) is 20.3 Å². The second-order valence-corrected chi connectivity index (χ2v) is 12.5. The van der Waals surface area contributed by atoms with Gasteiger partial charge in [0.05, 0.1) is 12.8 Å². The summed E-state index contributed by atoms with van der Waals surface area (Å²) in [5, 5.41) is 15.7. The summed E-state index contributed by atoms with van der Waals surface area (Å²) in [6, 6.07) is -0.523. The first-order chi connectivity index (χ1) is 17.5. The molecule has 0 radical (unpaired) electrons. The smallest absolute Gasteiger partial charge is 0.328 e. The molecule has 4 fully saturated rings. The van der Waals surface area contributed by atoms with Crippen LogP contribution in [-0.4, -0.2) is 65.3 Å². The Balaban J connectivity index is 1.25. The zero-order valence-electron chi connectivity index (χ0n) is 22.8. The number of ether oxygens (including phenoxy) is 1. The molecule has 1 amide bonds. The Morgan fingerprint density at radius 1 is 1.08 bits per heavy atom. The van der Waals surface area contributed by atoms with E-state index in [1.54, 1.807) is 6.92 Å². The van der Waals surface area contributed by atoms with E-state index in [-0.39, 0.29) is 35.1 Å². The summed E-state index contributed by atoms with van der Waals surface area (Å²) in [5.41, 5.74) is 0.896. The van der Waals surface area contributed by atoms with Gasteiger partial charge in [-0.3, -0.25) is 9.59 Å². The number of amides is 1. The Morgan fingerprint density at radius 2 is 1.84 bits per heavy atom. The molecule has 1 aliphatic heterocycles. The van der Waals surface area contributed by atoms with Crippen LogP contribution in [0.4, 0.5) is 0 Å². The first kappa shape index (κ1) is 26.4. The number of methoxy groups -OCH3 is 1. The lowest BCUT2D eigenvalue weighted by molar-refractivity contribution is -0.159. The Morgan fingerprint density at radius 3 is 2.57 bits per heavy atom. The van der Waals surface area contributed by atoms with Gasteiger partial charge in [-0.1, -0.05) is 24.6 Å². The van der Waals surface area contributed by atoms with Crippen molar-refractivity contribution in [2.24, 2.45) is 33.7 Å². The zero-order valence-corrected chi connectivity index (χ0v) is 22.8. The van der Waals surface area contributed by atoms with Gasteiger partial charge in [-0.05, 0) is 100 Å². The first-order valence-electron chi connectivity index (χ1n) is 14.1. The number of nitrogens with zero attached hydrogens (tertiary/aromatic N) is 2. The Labute approximate surface area is 219 Å². The van der Waals surface area contributed by atoms with Crippen LogP contribution in [0.15, 0.2) is 16.8 Å². The number of fused-ring (bicyclic) bond motifs is 5. The van der Waals surface area contributed by atoms with Crippen molar-refractivity contribution in [3.05, 3.63) is 11.6 Å². The van der Waals surface area contributed by atoms with Gasteiger partial charge in [0, 0.05) is 12.0 Å². The molecule has 8 heteroatoms. The Hall–Kier alpha value is -2.22. The van der Waals surface area contributed by atoms with Crippen LogP contribution < -0.4 is 0 Å². The average Bonchev–Trinajstić information content (AvgIpc) is 3.47. The van der Waals surface area contributed by atoms with E-state index < -0.39 is 11.6 Å². The predicted octanol–water partition coefficient (Wildman–Crippen LogP) is 3.81. The second kappa shape index (κ2) is 9.51. The monoisotopic (exact) mass is 514 g/mol. The van der Waals surface area contributed by atoms with E-state index in [0.717, 1.165) is 57.1 Å². The number of aliphatic hydroxyl groups is 1. The highest BCUT2D eigenvalue weighted by Crippen LogP contribution is 2.67. The minimum absolute atomic E-state index is 0.0684. The normalized spacial score (nSPS) is 41.9. The summed E-state index contributed by atoms with van der Waals surface area (Å²) in [6.07, 6.45) is 10.9. The number of carbonyl (C=O) groups is 3. The summed E-state index contributed by atoms with van der Waals surface area (Å²) in [4.78, 5) is 44.0. The number of carbonyl (C=O) groups excluding carboxylic acids is 3. The lowest BCUT2D eigenvalue weighted by atomic mass is 9.46. The first-order valence-corrected chi connectivity index (χ1v) is 14.1. The van der Waals surface area contributed by atoms with E-state index in [1.165, 1.54) is 17.6 Å². The molecule has 204 valence electrons. The third-order valence-electron chi connectivity index (χ3n) is 11.1. The molecule has 37 heavy (non-hydrogen) atoms. The number of rotatable bonds is 5. The van der Waals surface area contributed by atoms with Gasteiger partial charge in [0.2, 0.25) is 0 Å². The number of Topliss-reactive ketones (excluding diaryl/α,β-unsaturated/α-hetero) is 1. The Bertz CT molecular complexity index is 1040. The van der Waals surface area contributed by atoms with Crippen LogP contribution in [0.1, 0.15) is 85.0 Å². The maximum Gasteiger partial charge on any atom is 0.328 e. The van der Waals surface area contributed by atoms with Crippen LogP contribution in [0, 0.1) is 28.6 Å². The van der Waals surface area contributed by atoms with Gasteiger partial charge >= 0.3 is 5.97 Å². The molecule has 1 N–H and O–H groups in total. The molecule has 0 spiro atoms. The predicted molar refractivity (Wildman–Crippen MR) is 137 cm³/mol. The van der Waals surface area contributed by atoms with Crippen LogP contribution in [-0.2, 0) is 24.0 Å². The molecule has 0 bridgehead atoms. The molecule has 0 aromatic heterocycles. The van der Waals surface area contributed by atoms with Crippen molar-refractivity contribution in [1.29, 1.82) is 0 Å². The zero-order chi connectivity index (χ0) is 26.6. The molecule has 0 aromatic carbocycles. The van der Waals surface area contributed by atoms with Crippen molar-refractivity contribution in [3.8, 4) is 0 Å². The van der Waals surface area contributed by atoms with E-state index in [1.807, 2.05) is 0 Å². The lowest BCUT2D eigenvalue weighted by Crippen LogP contribution is -2.57. The number of esters is 1. The molecule has 8 nitrogen and oxygen atoms in total. The molecule has 5 rings (SSSR count). The van der Waals surface area contributed by atoms with E-state index >= 15 is 0 Å². The fourth-order valence-electron chi connectivity index (χ4n) is 8.94. The SMILES string of the molecule is COC(=O)C1CCCN1C(=O)CON=C1C=C2CCC3C(CC[C@@]4(C)C3CC[C@]4(O)C(C)=O)[C@@]2(C)CC1. The van der Waals surface area contributed by atoms with Gasteiger partial charge < -0.3 is 19.6 Å². The summed E-state index contributed by atoms with van der Waals surface area (Å²) >= 11 is 0. The molecule has 1 heterocycles. The molecule has 1 saturated heterocycles. The molecule has 0 aromatic rings. The number of oxime groups is 1. The van der Waals surface area contributed by atoms with Gasteiger partial charge in [0.1, 0.15) is 11.6 Å². The molecule has 3 saturated carbocycles. The number of hydrogen-bond donors (Lipinski definition) is 1. The fraction of sp³-hybridized carbons (Fsp3) is 0.793. The molecule has 4 aliphatic carbocycles. The molecule has 5 aliphatic rings. The standard InChI is InChI=1S/C29H42N2O6/c1-18(32)29(35)14-11-23-21-8-7-19-16-20(9-12-27(19,2)22(21)10-13-28(23,29)3)30-37-17-25(33)31-15-5-6-24(31)26(34)36-4/h16,21-24,35H,5-15,17H2,1-4H3/t21?,22?,23?,24?,27-,28-,29-/m0/s1. The van der Waals surface area contributed by atoms with Gasteiger partial charge in [-0.15, -0.1) is 0 Å². The lowest BCUT2D eigenvalue weighted by Gasteiger charge is -2.59. The van der Waals surface area contributed by atoms with Crippen molar-refractivity contribution in [2.45, 2.75) is 96.6 Å². The summed E-state index contributed by atoms with van der Waals surface area (Å²) in [5.74, 6) is 0.789. The quantitative estimate of drug-likeness (QED) is 0.442. The van der Waals surface area contributed by atoms with Crippen molar-refractivity contribution >= 4 is 23.4 Å². The van der Waals surface area contributed by atoms with E-state index in [4.69, 9.17) is 9.57 Å². The van der Waals surface area contributed by atoms with Gasteiger partial charge in [0.15, 0.2) is 12.4 Å². The summed E-state index contributed by atoms with van der Waals surface area (Å²) in [7, 11) is 1.34. The number of allylic oxidation sites excluding steroid dienone is 2. The van der Waals surface area contributed by atoms with Crippen LogP contribution in [0.3, 0.4) is 0 Å². The van der Waals surface area contributed by atoms with Crippen molar-refractivity contribution in [3.63, 3.8) is 0 Å². The average molecular weight is 515 g/mol. The van der Waals surface area contributed by atoms with Gasteiger partial charge in [-0.2, -0.15) is 0 Å². The number of likely N-dealkylation sites (tertiary alicyclic amines) is 1. The largest absolute Gasteiger partial charge is 0.467 e. The Kier molecular flexibility index (Phi) is 6.78. The van der Waals surface area contributed by atoms with E-state index in [9.17, 15) is 19.5 Å². The van der Waals surface area contributed by atoms with E-state index in [2.05, 4.69) is 25.1 Å².